The Hall–Kier alpha value is -2.50. The van der Waals surface area contributed by atoms with Gasteiger partial charge in [-0.3, -0.25) is 9.89 Å². The van der Waals surface area contributed by atoms with Crippen molar-refractivity contribution in [2.45, 2.75) is 0 Å². The van der Waals surface area contributed by atoms with Crippen molar-refractivity contribution < 1.29 is 14.6 Å². The van der Waals surface area contributed by atoms with Crippen LogP contribution in [0.5, 0.6) is 11.5 Å². The van der Waals surface area contributed by atoms with Crippen LogP contribution in [-0.4, -0.2) is 28.3 Å². The first-order valence-electron chi connectivity index (χ1n) is 4.88. The van der Waals surface area contributed by atoms with Crippen molar-refractivity contribution in [1.29, 1.82) is 0 Å². The topological polar surface area (TPSA) is 87.2 Å². The summed E-state index contributed by atoms with van der Waals surface area (Å²) in [5, 5.41) is 18.3. The highest BCUT2D eigenvalue weighted by molar-refractivity contribution is 6.03. The summed E-state index contributed by atoms with van der Waals surface area (Å²) in [5.74, 6) is 0.132. The average Bonchev–Trinajstić information content (AvgIpc) is 2.85. The number of phenols is 1. The summed E-state index contributed by atoms with van der Waals surface area (Å²) in [6.07, 6.45) is 1.47. The maximum Gasteiger partial charge on any atom is 0.273 e. The SMILES string of the molecule is COc1ccc(O)c(NC(=O)c2ccn[nH]2)c1. The number of aromatic amines is 1. The van der Waals surface area contributed by atoms with Gasteiger partial charge in [-0.15, -0.1) is 0 Å². The van der Waals surface area contributed by atoms with Gasteiger partial charge < -0.3 is 15.2 Å². The van der Waals surface area contributed by atoms with Gasteiger partial charge in [-0.2, -0.15) is 5.10 Å². The Labute approximate surface area is 97.2 Å². The number of nitrogens with zero attached hydrogens (tertiary/aromatic N) is 1. The number of aromatic nitrogens is 2. The molecule has 0 aliphatic rings. The summed E-state index contributed by atoms with van der Waals surface area (Å²) in [7, 11) is 1.51. The zero-order valence-corrected chi connectivity index (χ0v) is 9.10. The molecule has 1 aromatic carbocycles. The molecule has 0 radical (unpaired) electrons. The van der Waals surface area contributed by atoms with E-state index in [1.165, 1.54) is 31.5 Å². The lowest BCUT2D eigenvalue weighted by Crippen LogP contribution is -2.12. The summed E-state index contributed by atoms with van der Waals surface area (Å²) in [5.41, 5.74) is 0.594. The fourth-order valence-electron chi connectivity index (χ4n) is 1.31. The average molecular weight is 233 g/mol. The number of phenolic OH excluding ortho intramolecular Hbond substituents is 1. The number of hydrogen-bond acceptors (Lipinski definition) is 4. The van der Waals surface area contributed by atoms with Crippen LogP contribution >= 0.6 is 0 Å². The van der Waals surface area contributed by atoms with E-state index in [9.17, 15) is 9.90 Å². The van der Waals surface area contributed by atoms with E-state index in [0.717, 1.165) is 0 Å². The molecule has 0 aliphatic heterocycles. The molecule has 6 nitrogen and oxygen atoms in total. The van der Waals surface area contributed by atoms with E-state index < -0.39 is 0 Å². The number of rotatable bonds is 3. The number of hydrogen-bond donors (Lipinski definition) is 3. The molecule has 0 fully saturated rings. The zero-order chi connectivity index (χ0) is 12.3. The summed E-state index contributed by atoms with van der Waals surface area (Å²) in [6.45, 7) is 0. The van der Waals surface area contributed by atoms with Crippen LogP contribution in [0.15, 0.2) is 30.5 Å². The number of benzene rings is 1. The normalized spacial score (nSPS) is 9.94. The second-order valence-electron chi connectivity index (χ2n) is 3.31. The van der Waals surface area contributed by atoms with Crippen LogP contribution in [0.1, 0.15) is 10.5 Å². The Morgan fingerprint density at radius 3 is 2.94 bits per heavy atom. The lowest BCUT2D eigenvalue weighted by atomic mass is 10.2. The van der Waals surface area contributed by atoms with Gasteiger partial charge in [0.2, 0.25) is 0 Å². The number of amides is 1. The van der Waals surface area contributed by atoms with Crippen molar-refractivity contribution in [1.82, 2.24) is 10.2 Å². The first kappa shape index (κ1) is 11.0. The molecule has 2 rings (SSSR count). The second-order valence-corrected chi connectivity index (χ2v) is 3.31. The van der Waals surface area contributed by atoms with Gasteiger partial charge in [0.15, 0.2) is 0 Å². The van der Waals surface area contributed by atoms with Gasteiger partial charge in [-0.05, 0) is 18.2 Å². The standard InChI is InChI=1S/C11H11N3O3/c1-17-7-2-3-10(15)9(6-7)13-11(16)8-4-5-12-14-8/h2-6,15H,1H3,(H,12,14)(H,13,16). The van der Waals surface area contributed by atoms with Gasteiger partial charge in [-0.25, -0.2) is 0 Å². The molecule has 0 saturated heterocycles. The largest absolute Gasteiger partial charge is 0.506 e. The van der Waals surface area contributed by atoms with Crippen molar-refractivity contribution in [3.05, 3.63) is 36.2 Å². The van der Waals surface area contributed by atoms with Crippen LogP contribution in [0.2, 0.25) is 0 Å². The van der Waals surface area contributed by atoms with Crippen LogP contribution in [0.3, 0.4) is 0 Å². The fourth-order valence-corrected chi connectivity index (χ4v) is 1.31. The van der Waals surface area contributed by atoms with Crippen LogP contribution in [0, 0.1) is 0 Å². The molecule has 0 aliphatic carbocycles. The number of ether oxygens (including phenoxy) is 1. The number of nitrogens with one attached hydrogen (secondary N) is 2. The van der Waals surface area contributed by atoms with Gasteiger partial charge in [0.25, 0.3) is 5.91 Å². The molecular formula is C11H11N3O3. The molecule has 1 amide bonds. The number of methoxy groups -OCH3 is 1. The number of carbonyl (C=O) groups excluding carboxylic acids is 1. The maximum atomic E-state index is 11.7. The molecule has 0 saturated carbocycles. The molecule has 0 spiro atoms. The quantitative estimate of drug-likeness (QED) is 0.699. The summed E-state index contributed by atoms with van der Waals surface area (Å²) >= 11 is 0. The number of carbonyl (C=O) groups is 1. The van der Waals surface area contributed by atoms with Crippen LogP contribution in [0.25, 0.3) is 0 Å². The van der Waals surface area contributed by atoms with Crippen molar-refractivity contribution in [2.75, 3.05) is 12.4 Å². The maximum absolute atomic E-state index is 11.7. The van der Waals surface area contributed by atoms with Crippen LogP contribution in [0.4, 0.5) is 5.69 Å². The molecule has 0 bridgehead atoms. The van der Waals surface area contributed by atoms with Gasteiger partial charge in [0.1, 0.15) is 17.2 Å². The van der Waals surface area contributed by atoms with Crippen LogP contribution in [-0.2, 0) is 0 Å². The predicted octanol–water partition coefficient (Wildman–Crippen LogP) is 1.38. The minimum Gasteiger partial charge on any atom is -0.506 e. The predicted molar refractivity (Wildman–Crippen MR) is 61.2 cm³/mol. The molecule has 17 heavy (non-hydrogen) atoms. The Morgan fingerprint density at radius 2 is 2.29 bits per heavy atom. The summed E-state index contributed by atoms with van der Waals surface area (Å²) in [6, 6.07) is 6.11. The minimum absolute atomic E-state index is 0.0290. The molecule has 88 valence electrons. The monoisotopic (exact) mass is 233 g/mol. The van der Waals surface area contributed by atoms with Gasteiger partial charge in [0, 0.05) is 12.3 Å². The van der Waals surface area contributed by atoms with Gasteiger partial charge >= 0.3 is 0 Å². The highest BCUT2D eigenvalue weighted by Gasteiger charge is 2.10. The molecule has 0 unspecified atom stereocenters. The number of aromatic hydroxyl groups is 1. The Bertz CT molecular complexity index is 523. The van der Waals surface area contributed by atoms with E-state index >= 15 is 0 Å². The fraction of sp³-hybridized carbons (Fsp3) is 0.0909. The first-order valence-corrected chi connectivity index (χ1v) is 4.88. The second kappa shape index (κ2) is 4.56. The number of H-pyrrole nitrogens is 1. The van der Waals surface area contributed by atoms with Crippen molar-refractivity contribution in [2.24, 2.45) is 0 Å². The Morgan fingerprint density at radius 1 is 1.47 bits per heavy atom. The smallest absolute Gasteiger partial charge is 0.273 e. The van der Waals surface area contributed by atoms with E-state index in [4.69, 9.17) is 4.74 Å². The molecule has 2 aromatic rings. The van der Waals surface area contributed by atoms with Gasteiger partial charge in [0.05, 0.1) is 12.8 Å². The minimum atomic E-state index is -0.383. The molecule has 1 heterocycles. The third-order valence-electron chi connectivity index (χ3n) is 2.20. The van der Waals surface area contributed by atoms with E-state index in [0.29, 0.717) is 11.4 Å². The molecule has 1 aromatic heterocycles. The summed E-state index contributed by atoms with van der Waals surface area (Å²) in [4.78, 5) is 11.7. The molecular weight excluding hydrogens is 222 g/mol. The van der Waals surface area contributed by atoms with Crippen molar-refractivity contribution >= 4 is 11.6 Å². The summed E-state index contributed by atoms with van der Waals surface area (Å²) < 4.78 is 5.00. The molecule has 3 N–H and O–H groups in total. The Balaban J connectivity index is 2.21. The molecule has 0 atom stereocenters. The van der Waals surface area contributed by atoms with Crippen molar-refractivity contribution in [3.63, 3.8) is 0 Å². The Kier molecular flexibility index (Phi) is 2.95. The van der Waals surface area contributed by atoms with Crippen LogP contribution < -0.4 is 10.1 Å². The van der Waals surface area contributed by atoms with Gasteiger partial charge in [-0.1, -0.05) is 0 Å². The molecule has 6 heteroatoms. The zero-order valence-electron chi connectivity index (χ0n) is 9.10. The lowest BCUT2D eigenvalue weighted by Gasteiger charge is -2.08. The third kappa shape index (κ3) is 2.36. The first-order chi connectivity index (χ1) is 8.20. The van der Waals surface area contributed by atoms with E-state index in [2.05, 4.69) is 15.5 Å². The lowest BCUT2D eigenvalue weighted by molar-refractivity contribution is 0.102. The van der Waals surface area contributed by atoms with E-state index in [1.54, 1.807) is 6.07 Å². The van der Waals surface area contributed by atoms with E-state index in [1.807, 2.05) is 0 Å². The highest BCUT2D eigenvalue weighted by atomic mass is 16.5. The van der Waals surface area contributed by atoms with E-state index in [-0.39, 0.29) is 17.3 Å². The number of anilines is 1. The van der Waals surface area contributed by atoms with Crippen molar-refractivity contribution in [3.8, 4) is 11.5 Å². The third-order valence-corrected chi connectivity index (χ3v) is 2.20. The highest BCUT2D eigenvalue weighted by Crippen LogP contribution is 2.27.